The summed E-state index contributed by atoms with van der Waals surface area (Å²) >= 11 is 0. The van der Waals surface area contributed by atoms with Gasteiger partial charge in [0.05, 0.1) is 33.8 Å². The molecule has 5 rings (SSSR count). The predicted octanol–water partition coefficient (Wildman–Crippen LogP) is 6.18. The maximum atomic E-state index is 14.4. The number of imidazole rings is 1. The molecule has 3 heterocycles. The zero-order valence-corrected chi connectivity index (χ0v) is 21.1. The van der Waals surface area contributed by atoms with Crippen molar-refractivity contribution in [1.29, 1.82) is 0 Å². The largest absolute Gasteiger partial charge is 0.274 e. The van der Waals surface area contributed by atoms with Crippen LogP contribution < -0.4 is 0 Å². The monoisotopic (exact) mass is 488 g/mol. The quantitative estimate of drug-likeness (QED) is 0.322. The van der Waals surface area contributed by atoms with Crippen LogP contribution in [0.15, 0.2) is 62.2 Å². The Bertz CT molecular complexity index is 1370. The second-order valence-corrected chi connectivity index (χ2v) is 9.87. The van der Waals surface area contributed by atoms with Crippen molar-refractivity contribution >= 4 is 0 Å². The topological polar surface area (TPSA) is 69.4 Å². The van der Waals surface area contributed by atoms with Crippen LogP contribution in [0.2, 0.25) is 0 Å². The molecule has 3 aromatic heterocycles. The fourth-order valence-corrected chi connectivity index (χ4v) is 5.11. The van der Waals surface area contributed by atoms with Crippen LogP contribution in [0.5, 0.6) is 0 Å². The summed E-state index contributed by atoms with van der Waals surface area (Å²) in [6.07, 6.45) is 7.80. The molecular weight excluding hydrogens is 458 g/mol. The Labute approximate surface area is 210 Å². The first kappa shape index (κ1) is 25.3. The SMILES string of the molecule is C=C.Cc1cn(-c2nccc([C@@]3(C(C)(C)C)CCCc4cc(-c5c(F)cccc5F)nnc43)n2)cn1. The number of aryl methyl sites for hydroxylation is 2. The zero-order valence-electron chi connectivity index (χ0n) is 21.1. The molecule has 186 valence electrons. The summed E-state index contributed by atoms with van der Waals surface area (Å²) in [6, 6.07) is 7.53. The Kier molecular flexibility index (Phi) is 6.80. The minimum atomic E-state index is -0.650. The molecule has 1 atom stereocenters. The third kappa shape index (κ3) is 4.21. The molecule has 0 fully saturated rings. The van der Waals surface area contributed by atoms with Crippen LogP contribution in [-0.2, 0) is 11.8 Å². The van der Waals surface area contributed by atoms with Gasteiger partial charge in [-0.3, -0.25) is 4.57 Å². The summed E-state index contributed by atoms with van der Waals surface area (Å²) in [6.45, 7) is 14.4. The van der Waals surface area contributed by atoms with Crippen LogP contribution in [0, 0.1) is 24.0 Å². The number of benzene rings is 1. The van der Waals surface area contributed by atoms with Gasteiger partial charge in [0.25, 0.3) is 0 Å². The number of nitrogens with zero attached hydrogens (tertiary/aromatic N) is 6. The van der Waals surface area contributed by atoms with Gasteiger partial charge in [0.1, 0.15) is 18.0 Å². The number of hydrogen-bond donors (Lipinski definition) is 0. The minimum absolute atomic E-state index is 0.149. The highest BCUT2D eigenvalue weighted by Crippen LogP contribution is 2.52. The van der Waals surface area contributed by atoms with Crippen molar-refractivity contribution in [2.75, 3.05) is 0 Å². The van der Waals surface area contributed by atoms with Gasteiger partial charge in [-0.15, -0.1) is 18.3 Å². The van der Waals surface area contributed by atoms with E-state index in [4.69, 9.17) is 4.98 Å². The van der Waals surface area contributed by atoms with Crippen molar-refractivity contribution in [3.63, 3.8) is 0 Å². The number of fused-ring (bicyclic) bond motifs is 1. The lowest BCUT2D eigenvalue weighted by Gasteiger charge is -2.47. The Morgan fingerprint density at radius 1 is 1.03 bits per heavy atom. The lowest BCUT2D eigenvalue weighted by molar-refractivity contribution is 0.186. The van der Waals surface area contributed by atoms with Crippen LogP contribution in [0.3, 0.4) is 0 Å². The standard InChI is InChI=1S/C26H26F2N6.C2H4/c1-16-14-34(15-30-16)24-29-12-10-21(31-24)26(25(2,3)4)11-6-7-17-13-20(32-33-23(17)26)22-18(27)8-5-9-19(22)28;1-2/h5,8-10,12-15H,6-7,11H2,1-4H3;1-2H2/t26-;/m0./s1. The van der Waals surface area contributed by atoms with Crippen molar-refractivity contribution in [3.8, 4) is 17.2 Å². The van der Waals surface area contributed by atoms with E-state index in [0.717, 1.165) is 41.9 Å². The van der Waals surface area contributed by atoms with Crippen molar-refractivity contribution in [2.45, 2.75) is 52.4 Å². The average molecular weight is 489 g/mol. The number of rotatable bonds is 3. The summed E-state index contributed by atoms with van der Waals surface area (Å²) in [7, 11) is 0. The molecule has 0 aliphatic heterocycles. The van der Waals surface area contributed by atoms with Crippen molar-refractivity contribution in [2.24, 2.45) is 5.41 Å². The molecule has 1 aromatic carbocycles. The lowest BCUT2D eigenvalue weighted by Crippen LogP contribution is -2.45. The van der Waals surface area contributed by atoms with Gasteiger partial charge in [-0.05, 0) is 61.4 Å². The second-order valence-electron chi connectivity index (χ2n) is 9.87. The van der Waals surface area contributed by atoms with E-state index in [0.29, 0.717) is 5.95 Å². The smallest absolute Gasteiger partial charge is 0.235 e. The summed E-state index contributed by atoms with van der Waals surface area (Å²) in [5.41, 5.74) is 2.70. The maximum Gasteiger partial charge on any atom is 0.235 e. The van der Waals surface area contributed by atoms with Gasteiger partial charge in [0.2, 0.25) is 5.95 Å². The number of aromatic nitrogens is 6. The van der Waals surface area contributed by atoms with E-state index in [2.05, 4.69) is 54.1 Å². The Balaban J connectivity index is 0.00000148. The van der Waals surface area contributed by atoms with Crippen molar-refractivity contribution in [3.05, 3.63) is 96.5 Å². The highest BCUT2D eigenvalue weighted by atomic mass is 19.1. The fraction of sp³-hybridized carbons (Fsp3) is 0.321. The van der Waals surface area contributed by atoms with E-state index in [-0.39, 0.29) is 16.7 Å². The Hall–Kier alpha value is -3.81. The molecule has 8 heteroatoms. The molecule has 0 unspecified atom stereocenters. The number of hydrogen-bond acceptors (Lipinski definition) is 5. The van der Waals surface area contributed by atoms with E-state index in [9.17, 15) is 8.78 Å². The van der Waals surface area contributed by atoms with Crippen LogP contribution in [-0.4, -0.2) is 29.7 Å². The molecule has 0 N–H and O–H groups in total. The van der Waals surface area contributed by atoms with Crippen LogP contribution in [0.25, 0.3) is 17.2 Å². The molecule has 0 amide bonds. The summed E-state index contributed by atoms with van der Waals surface area (Å²) in [5, 5.41) is 8.93. The van der Waals surface area contributed by atoms with Crippen molar-refractivity contribution in [1.82, 2.24) is 29.7 Å². The molecular formula is C28H30F2N6. The third-order valence-electron chi connectivity index (χ3n) is 6.80. The first-order valence-corrected chi connectivity index (χ1v) is 11.9. The fourth-order valence-electron chi connectivity index (χ4n) is 5.11. The van der Waals surface area contributed by atoms with Gasteiger partial charge in [0, 0.05) is 12.4 Å². The van der Waals surface area contributed by atoms with Crippen LogP contribution in [0.4, 0.5) is 8.78 Å². The molecule has 0 saturated heterocycles. The van der Waals surface area contributed by atoms with Gasteiger partial charge < -0.3 is 0 Å². The van der Waals surface area contributed by atoms with E-state index in [1.165, 1.54) is 18.2 Å². The zero-order chi connectivity index (χ0) is 26.1. The van der Waals surface area contributed by atoms with E-state index in [1.54, 1.807) is 23.2 Å². The van der Waals surface area contributed by atoms with Crippen LogP contribution in [0.1, 0.15) is 56.3 Å². The molecule has 6 nitrogen and oxygen atoms in total. The number of halogens is 2. The second kappa shape index (κ2) is 9.68. The molecule has 0 radical (unpaired) electrons. The van der Waals surface area contributed by atoms with Gasteiger partial charge in [-0.1, -0.05) is 26.8 Å². The highest BCUT2D eigenvalue weighted by Gasteiger charge is 2.50. The van der Waals surface area contributed by atoms with E-state index in [1.807, 2.05) is 19.2 Å². The molecule has 1 aliphatic rings. The minimum Gasteiger partial charge on any atom is -0.274 e. The first-order chi connectivity index (χ1) is 17.2. The highest BCUT2D eigenvalue weighted by molar-refractivity contribution is 5.62. The average Bonchev–Trinajstić information content (AvgIpc) is 3.30. The maximum absolute atomic E-state index is 14.4. The van der Waals surface area contributed by atoms with Gasteiger partial charge >= 0.3 is 0 Å². The van der Waals surface area contributed by atoms with Crippen LogP contribution >= 0.6 is 0 Å². The van der Waals surface area contributed by atoms with E-state index < -0.39 is 17.0 Å². The predicted molar refractivity (Wildman–Crippen MR) is 136 cm³/mol. The summed E-state index contributed by atoms with van der Waals surface area (Å²) < 4.78 is 30.7. The Morgan fingerprint density at radius 2 is 1.75 bits per heavy atom. The van der Waals surface area contributed by atoms with Gasteiger partial charge in [-0.2, -0.15) is 5.10 Å². The first-order valence-electron chi connectivity index (χ1n) is 11.9. The molecule has 0 saturated carbocycles. The summed E-state index contributed by atoms with van der Waals surface area (Å²) in [4.78, 5) is 13.7. The van der Waals surface area contributed by atoms with E-state index >= 15 is 0 Å². The lowest BCUT2D eigenvalue weighted by atomic mass is 9.57. The molecule has 36 heavy (non-hydrogen) atoms. The third-order valence-corrected chi connectivity index (χ3v) is 6.80. The summed E-state index contributed by atoms with van der Waals surface area (Å²) in [5.74, 6) is -0.765. The Morgan fingerprint density at radius 3 is 2.39 bits per heavy atom. The molecule has 1 aliphatic carbocycles. The molecule has 4 aromatic rings. The normalized spacial score (nSPS) is 17.2. The van der Waals surface area contributed by atoms with Gasteiger partial charge in [0.15, 0.2) is 0 Å². The van der Waals surface area contributed by atoms with Crippen molar-refractivity contribution < 1.29 is 8.78 Å². The molecule has 0 bridgehead atoms. The molecule has 0 spiro atoms. The van der Waals surface area contributed by atoms with Gasteiger partial charge in [-0.25, -0.2) is 23.7 Å².